The van der Waals surface area contributed by atoms with Crippen molar-refractivity contribution >= 4 is 22.8 Å². The topological polar surface area (TPSA) is 121 Å². The van der Waals surface area contributed by atoms with Gasteiger partial charge in [0.1, 0.15) is 11.6 Å². The van der Waals surface area contributed by atoms with Gasteiger partial charge >= 0.3 is 12.1 Å². The smallest absolute Gasteiger partial charge is 0.433 e. The summed E-state index contributed by atoms with van der Waals surface area (Å²) in [5, 5.41) is 11.6. The molecule has 0 aliphatic heterocycles. The predicted molar refractivity (Wildman–Crippen MR) is 93.1 cm³/mol. The number of hydrogen-bond acceptors (Lipinski definition) is 6. The molecule has 0 unspecified atom stereocenters. The Balaban J connectivity index is 2.06. The van der Waals surface area contributed by atoms with Crippen molar-refractivity contribution in [3.8, 4) is 0 Å². The van der Waals surface area contributed by atoms with Gasteiger partial charge in [0.05, 0.1) is 17.0 Å². The number of H-pyrrole nitrogens is 1. The largest absolute Gasteiger partial charge is 0.478 e. The van der Waals surface area contributed by atoms with Gasteiger partial charge in [-0.1, -0.05) is 0 Å². The van der Waals surface area contributed by atoms with E-state index in [0.717, 1.165) is 12.3 Å². The van der Waals surface area contributed by atoms with Gasteiger partial charge in [0.15, 0.2) is 11.3 Å². The van der Waals surface area contributed by atoms with Crippen molar-refractivity contribution < 1.29 is 23.1 Å². The summed E-state index contributed by atoms with van der Waals surface area (Å²) in [5.74, 6) is -0.853. The summed E-state index contributed by atoms with van der Waals surface area (Å²) in [4.78, 5) is 36.7. The average Bonchev–Trinajstić information content (AvgIpc) is 2.60. The number of alkyl halides is 3. The number of aromatic nitrogens is 4. The monoisotopic (exact) mass is 393 g/mol. The summed E-state index contributed by atoms with van der Waals surface area (Å²) in [6.45, 7) is 2.89. The molecule has 11 heteroatoms. The molecule has 0 amide bonds. The summed E-state index contributed by atoms with van der Waals surface area (Å²) < 4.78 is 40.6. The van der Waals surface area contributed by atoms with E-state index in [2.05, 4.69) is 25.3 Å². The van der Waals surface area contributed by atoms with Gasteiger partial charge in [-0.3, -0.25) is 4.79 Å². The Morgan fingerprint density at radius 1 is 1.29 bits per heavy atom. The first-order valence-electron chi connectivity index (χ1n) is 8.01. The van der Waals surface area contributed by atoms with Crippen LogP contribution < -0.4 is 10.9 Å². The third-order valence-electron chi connectivity index (χ3n) is 3.95. The van der Waals surface area contributed by atoms with E-state index in [9.17, 15) is 22.8 Å². The van der Waals surface area contributed by atoms with E-state index < -0.39 is 29.4 Å². The lowest BCUT2D eigenvalue weighted by Gasteiger charge is -2.20. The first-order chi connectivity index (χ1) is 13.1. The lowest BCUT2D eigenvalue weighted by Crippen LogP contribution is -2.20. The van der Waals surface area contributed by atoms with Gasteiger partial charge in [-0.05, 0) is 32.0 Å². The second-order valence-electron chi connectivity index (χ2n) is 6.05. The van der Waals surface area contributed by atoms with E-state index in [-0.39, 0.29) is 33.8 Å². The Hall–Kier alpha value is -3.50. The number of fused-ring (bicyclic) bond motifs is 1. The molecular formula is C17H14F3N5O3. The Morgan fingerprint density at radius 2 is 2.00 bits per heavy atom. The quantitative estimate of drug-likeness (QED) is 0.623. The van der Waals surface area contributed by atoms with E-state index in [1.807, 2.05) is 0 Å². The van der Waals surface area contributed by atoms with Crippen molar-refractivity contribution in [1.29, 1.82) is 0 Å². The van der Waals surface area contributed by atoms with E-state index in [4.69, 9.17) is 5.11 Å². The van der Waals surface area contributed by atoms with Crippen LogP contribution >= 0.6 is 0 Å². The van der Waals surface area contributed by atoms with Gasteiger partial charge in [-0.2, -0.15) is 13.2 Å². The Kier molecular flexibility index (Phi) is 4.75. The predicted octanol–water partition coefficient (Wildman–Crippen LogP) is 2.91. The highest BCUT2D eigenvalue weighted by Crippen LogP contribution is 2.35. The van der Waals surface area contributed by atoms with Crippen molar-refractivity contribution in [3.63, 3.8) is 0 Å². The lowest BCUT2D eigenvalue weighted by molar-refractivity contribution is -0.141. The van der Waals surface area contributed by atoms with Gasteiger partial charge in [-0.25, -0.2) is 19.7 Å². The normalized spacial score (nSPS) is 12.8. The molecule has 3 aromatic rings. The zero-order valence-electron chi connectivity index (χ0n) is 14.6. The van der Waals surface area contributed by atoms with Crippen molar-refractivity contribution in [2.75, 3.05) is 5.32 Å². The molecule has 0 aliphatic carbocycles. The minimum Gasteiger partial charge on any atom is -0.478 e. The first kappa shape index (κ1) is 19.3. The number of hydrogen-bond donors (Lipinski definition) is 3. The number of aromatic carboxylic acids is 1. The van der Waals surface area contributed by atoms with Gasteiger partial charge in [0.2, 0.25) is 0 Å². The third kappa shape index (κ3) is 3.77. The number of nitrogens with one attached hydrogen (secondary N) is 2. The minimum atomic E-state index is -4.77. The molecule has 0 aliphatic rings. The molecule has 0 fully saturated rings. The fraction of sp³-hybridized carbons (Fsp3) is 0.235. The maximum absolute atomic E-state index is 13.5. The van der Waals surface area contributed by atoms with E-state index >= 15 is 0 Å². The molecule has 1 atom stereocenters. The van der Waals surface area contributed by atoms with Crippen molar-refractivity contribution in [2.24, 2.45) is 0 Å². The minimum absolute atomic E-state index is 0.0606. The molecule has 0 saturated heterocycles. The van der Waals surface area contributed by atoms with Crippen molar-refractivity contribution in [1.82, 2.24) is 19.9 Å². The summed E-state index contributed by atoms with van der Waals surface area (Å²) in [5.41, 5.74) is -2.39. The molecule has 0 aromatic carbocycles. The first-order valence-corrected chi connectivity index (χ1v) is 8.01. The number of anilines is 1. The van der Waals surface area contributed by atoms with Crippen molar-refractivity contribution in [3.05, 3.63) is 57.4 Å². The van der Waals surface area contributed by atoms with Crippen LogP contribution in [0.4, 0.5) is 19.0 Å². The molecule has 0 radical (unpaired) electrons. The van der Waals surface area contributed by atoms with E-state index in [0.29, 0.717) is 0 Å². The molecule has 3 rings (SSSR count). The van der Waals surface area contributed by atoms with Gasteiger partial charge < -0.3 is 15.4 Å². The number of carbonyl (C=O) groups is 1. The molecule has 3 N–H and O–H groups in total. The lowest BCUT2D eigenvalue weighted by atomic mass is 10.0. The van der Waals surface area contributed by atoms with Crippen LogP contribution in [0.2, 0.25) is 0 Å². The second-order valence-corrected chi connectivity index (χ2v) is 6.05. The number of aryl methyl sites for hydroxylation is 1. The molecule has 8 nitrogen and oxygen atoms in total. The maximum atomic E-state index is 13.5. The molecule has 28 heavy (non-hydrogen) atoms. The van der Waals surface area contributed by atoms with Crippen molar-refractivity contribution in [2.45, 2.75) is 26.1 Å². The van der Waals surface area contributed by atoms with E-state index in [1.54, 1.807) is 0 Å². The fourth-order valence-corrected chi connectivity index (χ4v) is 2.65. The van der Waals surface area contributed by atoms with Crippen LogP contribution in [0.15, 0.2) is 29.2 Å². The summed E-state index contributed by atoms with van der Waals surface area (Å²) in [6, 6.07) is 2.77. The average molecular weight is 393 g/mol. The number of nitrogens with zero attached hydrogens (tertiary/aromatic N) is 3. The van der Waals surface area contributed by atoms with Crippen LogP contribution in [0.25, 0.3) is 11.0 Å². The van der Waals surface area contributed by atoms with Gasteiger partial charge in [0.25, 0.3) is 5.56 Å². The van der Waals surface area contributed by atoms with Crippen LogP contribution in [0.1, 0.15) is 40.4 Å². The number of rotatable bonds is 4. The standard InChI is InChI=1S/C17H14F3N5O3/c1-7(22-12-4-3-9(6-21-12)16(27)28)10-5-11-14(23-8(2)24-15(11)26)25-13(10)17(18,19)20/h3-7H,1-2H3,(H,21,22)(H,27,28)(H,23,24,25,26)/t7-/m0/s1. The number of aromatic amines is 1. The third-order valence-corrected chi connectivity index (χ3v) is 3.95. The van der Waals surface area contributed by atoms with Crippen LogP contribution in [0.5, 0.6) is 0 Å². The highest BCUT2D eigenvalue weighted by Gasteiger charge is 2.37. The highest BCUT2D eigenvalue weighted by molar-refractivity contribution is 5.87. The maximum Gasteiger partial charge on any atom is 0.433 e. The molecule has 3 heterocycles. The highest BCUT2D eigenvalue weighted by atomic mass is 19.4. The second kappa shape index (κ2) is 6.91. The molecule has 0 bridgehead atoms. The molecular weight excluding hydrogens is 379 g/mol. The van der Waals surface area contributed by atoms with E-state index in [1.165, 1.54) is 26.0 Å². The van der Waals surface area contributed by atoms with Crippen LogP contribution in [-0.2, 0) is 6.18 Å². The van der Waals surface area contributed by atoms with Crippen LogP contribution in [0, 0.1) is 6.92 Å². The number of pyridine rings is 2. The summed E-state index contributed by atoms with van der Waals surface area (Å²) in [6.07, 6.45) is -3.68. The van der Waals surface area contributed by atoms with Crippen LogP contribution in [-0.4, -0.2) is 31.0 Å². The zero-order chi connectivity index (χ0) is 20.6. The number of carboxylic acid groups (broad SMARTS) is 1. The fourth-order valence-electron chi connectivity index (χ4n) is 2.65. The zero-order valence-corrected chi connectivity index (χ0v) is 14.6. The van der Waals surface area contributed by atoms with Gasteiger partial charge in [-0.15, -0.1) is 0 Å². The molecule has 0 spiro atoms. The summed E-state index contributed by atoms with van der Waals surface area (Å²) >= 11 is 0. The number of carboxylic acids is 1. The molecule has 3 aromatic heterocycles. The SMILES string of the molecule is Cc1nc2nc(C(F)(F)F)c([C@H](C)Nc3ccc(C(=O)O)cn3)cc2c(=O)[nH]1. The molecule has 0 saturated carbocycles. The van der Waals surface area contributed by atoms with Crippen LogP contribution in [0.3, 0.4) is 0 Å². The Bertz CT molecular complexity index is 1110. The Labute approximate surface area is 155 Å². The number of halogens is 3. The van der Waals surface area contributed by atoms with Gasteiger partial charge in [0, 0.05) is 11.8 Å². The Morgan fingerprint density at radius 3 is 2.57 bits per heavy atom. The molecule has 146 valence electrons. The summed E-state index contributed by atoms with van der Waals surface area (Å²) in [7, 11) is 0.